The Morgan fingerprint density at radius 2 is 1.67 bits per heavy atom. The molecule has 6 nitrogen and oxygen atoms in total. The van der Waals surface area contributed by atoms with Gasteiger partial charge in [-0.05, 0) is 6.92 Å². The van der Waals surface area contributed by atoms with Gasteiger partial charge in [-0.1, -0.05) is 29.8 Å². The first-order valence-electron chi connectivity index (χ1n) is 6.49. The lowest BCUT2D eigenvalue weighted by atomic mass is 10.1. The summed E-state index contributed by atoms with van der Waals surface area (Å²) in [5.41, 5.74) is 2.27. The van der Waals surface area contributed by atoms with Crippen molar-refractivity contribution in [3.05, 3.63) is 56.9 Å². The van der Waals surface area contributed by atoms with Crippen LogP contribution in [0.3, 0.4) is 0 Å². The number of fused-ring (bicyclic) bond motifs is 1. The fraction of sp³-hybridized carbons (Fsp3) is 0.200. The topological polar surface area (TPSA) is 69.8 Å². The highest BCUT2D eigenvalue weighted by Gasteiger charge is 2.12. The van der Waals surface area contributed by atoms with Crippen LogP contribution in [0.1, 0.15) is 5.56 Å². The maximum atomic E-state index is 12.2. The van der Waals surface area contributed by atoms with Crippen LogP contribution in [0.25, 0.3) is 22.4 Å². The van der Waals surface area contributed by atoms with Crippen molar-refractivity contribution in [2.75, 3.05) is 0 Å². The van der Waals surface area contributed by atoms with E-state index in [1.165, 1.54) is 11.6 Å². The molecule has 3 aromatic rings. The maximum Gasteiger partial charge on any atom is 0.332 e. The lowest BCUT2D eigenvalue weighted by molar-refractivity contribution is 0.704. The summed E-state index contributed by atoms with van der Waals surface area (Å²) >= 11 is 0. The minimum Gasteiger partial charge on any atom is -0.279 e. The van der Waals surface area contributed by atoms with E-state index in [-0.39, 0.29) is 5.52 Å². The Morgan fingerprint density at radius 1 is 1.00 bits per heavy atom. The molecule has 0 aliphatic carbocycles. The summed E-state index contributed by atoms with van der Waals surface area (Å²) in [5.74, 6) is 0. The van der Waals surface area contributed by atoms with E-state index in [1.807, 2.05) is 31.2 Å². The summed E-state index contributed by atoms with van der Waals surface area (Å²) in [6.07, 6.45) is 1.58. The second kappa shape index (κ2) is 4.66. The van der Waals surface area contributed by atoms with Crippen LogP contribution in [0.4, 0.5) is 0 Å². The van der Waals surface area contributed by atoms with E-state index in [4.69, 9.17) is 0 Å². The van der Waals surface area contributed by atoms with E-state index in [9.17, 15) is 9.59 Å². The minimum atomic E-state index is -0.436. The number of hydrogen-bond acceptors (Lipinski definition) is 4. The summed E-state index contributed by atoms with van der Waals surface area (Å²) in [5, 5.41) is 0. The number of benzene rings is 1. The molecule has 0 atom stereocenters. The van der Waals surface area contributed by atoms with E-state index < -0.39 is 11.2 Å². The summed E-state index contributed by atoms with van der Waals surface area (Å²) < 4.78 is 2.36. The molecular weight excluding hydrogens is 268 g/mol. The molecule has 0 saturated carbocycles. The van der Waals surface area contributed by atoms with Crippen LogP contribution in [-0.4, -0.2) is 19.1 Å². The molecule has 0 amide bonds. The van der Waals surface area contributed by atoms with Crippen molar-refractivity contribution < 1.29 is 0 Å². The number of aromatic nitrogens is 4. The molecule has 106 valence electrons. The number of rotatable bonds is 1. The molecule has 0 N–H and O–H groups in total. The van der Waals surface area contributed by atoms with Crippen LogP contribution in [0.2, 0.25) is 0 Å². The molecule has 0 aliphatic rings. The lowest BCUT2D eigenvalue weighted by Crippen LogP contribution is -2.37. The Hall–Kier alpha value is -2.76. The Bertz CT molecular complexity index is 952. The van der Waals surface area contributed by atoms with Crippen LogP contribution in [0, 0.1) is 6.92 Å². The van der Waals surface area contributed by atoms with Crippen molar-refractivity contribution in [3.8, 4) is 11.3 Å². The first-order valence-corrected chi connectivity index (χ1v) is 6.49. The zero-order chi connectivity index (χ0) is 15.1. The molecule has 0 aliphatic heterocycles. The third kappa shape index (κ3) is 2.05. The third-order valence-corrected chi connectivity index (χ3v) is 3.50. The first kappa shape index (κ1) is 13.2. The van der Waals surface area contributed by atoms with Crippen molar-refractivity contribution >= 4 is 11.2 Å². The van der Waals surface area contributed by atoms with E-state index in [2.05, 4.69) is 9.97 Å². The van der Waals surface area contributed by atoms with Gasteiger partial charge in [0.1, 0.15) is 0 Å². The quantitative estimate of drug-likeness (QED) is 0.667. The van der Waals surface area contributed by atoms with Gasteiger partial charge in [-0.25, -0.2) is 14.8 Å². The number of hydrogen-bond donors (Lipinski definition) is 0. The van der Waals surface area contributed by atoms with Crippen LogP contribution in [0.15, 0.2) is 40.1 Å². The second-order valence-corrected chi connectivity index (χ2v) is 5.00. The Balaban J connectivity index is 2.33. The van der Waals surface area contributed by atoms with E-state index >= 15 is 0 Å². The molecule has 2 heterocycles. The number of nitrogens with zero attached hydrogens (tertiary/aromatic N) is 4. The minimum absolute atomic E-state index is 0.192. The third-order valence-electron chi connectivity index (χ3n) is 3.50. The lowest BCUT2D eigenvalue weighted by Gasteiger charge is -2.07. The average molecular weight is 282 g/mol. The SMILES string of the molecule is Cc1ccc(-c2cnc3c(n2)c(=O)n(C)c(=O)n3C)cc1. The van der Waals surface area contributed by atoms with Gasteiger partial charge in [-0.2, -0.15) is 0 Å². The Kier molecular flexibility index (Phi) is 2.94. The van der Waals surface area contributed by atoms with Gasteiger partial charge in [0.25, 0.3) is 5.56 Å². The van der Waals surface area contributed by atoms with Crippen molar-refractivity contribution in [2.24, 2.45) is 14.1 Å². The van der Waals surface area contributed by atoms with Gasteiger partial charge < -0.3 is 0 Å². The molecule has 0 radical (unpaired) electrons. The van der Waals surface area contributed by atoms with Crippen LogP contribution < -0.4 is 11.2 Å². The van der Waals surface area contributed by atoms with Crippen LogP contribution >= 0.6 is 0 Å². The molecule has 0 unspecified atom stereocenters. The van der Waals surface area contributed by atoms with Gasteiger partial charge in [-0.3, -0.25) is 13.9 Å². The predicted molar refractivity (Wildman–Crippen MR) is 80.2 cm³/mol. The normalized spacial score (nSPS) is 11.0. The zero-order valence-corrected chi connectivity index (χ0v) is 12.0. The molecule has 0 bridgehead atoms. The predicted octanol–water partition coefficient (Wildman–Crippen LogP) is 1.00. The van der Waals surface area contributed by atoms with Gasteiger partial charge in [0, 0.05) is 19.7 Å². The van der Waals surface area contributed by atoms with Crippen LogP contribution in [-0.2, 0) is 14.1 Å². The number of aryl methyl sites for hydroxylation is 2. The zero-order valence-electron chi connectivity index (χ0n) is 12.0. The Morgan fingerprint density at radius 3 is 2.33 bits per heavy atom. The first-order chi connectivity index (χ1) is 9.99. The average Bonchev–Trinajstić information content (AvgIpc) is 2.51. The van der Waals surface area contributed by atoms with Gasteiger partial charge >= 0.3 is 5.69 Å². The molecule has 0 saturated heterocycles. The standard InChI is InChI=1S/C15H14N4O2/c1-9-4-6-10(7-5-9)11-8-16-13-12(17-11)14(20)19(3)15(21)18(13)2/h4-8H,1-3H3. The molecule has 2 aromatic heterocycles. The van der Waals surface area contributed by atoms with Gasteiger partial charge in [0.2, 0.25) is 0 Å². The van der Waals surface area contributed by atoms with E-state index in [1.54, 1.807) is 13.2 Å². The maximum absolute atomic E-state index is 12.2. The molecule has 0 fully saturated rings. The molecule has 6 heteroatoms. The van der Waals surface area contributed by atoms with Crippen molar-refractivity contribution in [1.29, 1.82) is 0 Å². The summed E-state index contributed by atoms with van der Waals surface area (Å²) in [6, 6.07) is 7.80. The molecule has 21 heavy (non-hydrogen) atoms. The highest BCUT2D eigenvalue weighted by molar-refractivity contribution is 5.73. The van der Waals surface area contributed by atoms with Crippen molar-refractivity contribution in [1.82, 2.24) is 19.1 Å². The summed E-state index contributed by atoms with van der Waals surface area (Å²) in [7, 11) is 3.01. The fourth-order valence-electron chi connectivity index (χ4n) is 2.20. The van der Waals surface area contributed by atoms with E-state index in [0.29, 0.717) is 11.3 Å². The monoisotopic (exact) mass is 282 g/mol. The smallest absolute Gasteiger partial charge is 0.279 e. The summed E-state index contributed by atoms with van der Waals surface area (Å²) in [6.45, 7) is 2.00. The fourth-order valence-corrected chi connectivity index (χ4v) is 2.20. The molecule has 3 rings (SSSR count). The van der Waals surface area contributed by atoms with Crippen LogP contribution in [0.5, 0.6) is 0 Å². The highest BCUT2D eigenvalue weighted by atomic mass is 16.2. The summed E-state index contributed by atoms with van der Waals surface area (Å²) in [4.78, 5) is 32.7. The van der Waals surface area contributed by atoms with Gasteiger partial charge in [-0.15, -0.1) is 0 Å². The van der Waals surface area contributed by atoms with Crippen molar-refractivity contribution in [3.63, 3.8) is 0 Å². The van der Waals surface area contributed by atoms with Crippen molar-refractivity contribution in [2.45, 2.75) is 6.92 Å². The van der Waals surface area contributed by atoms with E-state index in [0.717, 1.165) is 15.7 Å². The van der Waals surface area contributed by atoms with Gasteiger partial charge in [0.15, 0.2) is 11.2 Å². The molecule has 0 spiro atoms. The highest BCUT2D eigenvalue weighted by Crippen LogP contribution is 2.17. The largest absolute Gasteiger partial charge is 0.332 e. The second-order valence-electron chi connectivity index (χ2n) is 5.00. The van der Waals surface area contributed by atoms with Gasteiger partial charge in [0.05, 0.1) is 11.9 Å². The Labute approximate surface area is 120 Å². The molecular formula is C15H14N4O2. The molecule has 1 aromatic carbocycles.